The fourth-order valence-electron chi connectivity index (χ4n) is 3.62. The van der Waals surface area contributed by atoms with Crippen LogP contribution in [-0.4, -0.2) is 40.1 Å². The Bertz CT molecular complexity index is 362. The number of carbonyl (C=O) groups is 2. The molecule has 0 aromatic carbocycles. The minimum absolute atomic E-state index is 0.0127. The molecule has 1 saturated heterocycles. The lowest BCUT2D eigenvalue weighted by atomic mass is 9.86. The lowest BCUT2D eigenvalue weighted by Gasteiger charge is -2.40. The quantitative estimate of drug-likeness (QED) is 0.818. The number of carboxylic acids is 1. The van der Waals surface area contributed by atoms with E-state index < -0.39 is 5.97 Å². The molecule has 4 atom stereocenters. The van der Waals surface area contributed by atoms with Gasteiger partial charge in [0.15, 0.2) is 0 Å². The standard InChI is InChI=1S/C15H26N2O3/c1-10-5-3-6-11(2)17(10)15(20)16-13-8-4-7-12(9-13)14(18)19/h10-13H,3-9H2,1-2H3,(H,16,20)(H,18,19). The fourth-order valence-corrected chi connectivity index (χ4v) is 3.62. The Morgan fingerprint density at radius 1 is 1.05 bits per heavy atom. The first-order valence-corrected chi connectivity index (χ1v) is 7.80. The van der Waals surface area contributed by atoms with Gasteiger partial charge in [-0.25, -0.2) is 4.79 Å². The van der Waals surface area contributed by atoms with Gasteiger partial charge in [-0.3, -0.25) is 4.79 Å². The SMILES string of the molecule is CC1CCCC(C)N1C(=O)NC1CCCC(C(=O)O)C1. The van der Waals surface area contributed by atoms with E-state index in [0.29, 0.717) is 6.42 Å². The molecular formula is C15H26N2O3. The van der Waals surface area contributed by atoms with Crippen LogP contribution in [0.25, 0.3) is 0 Å². The van der Waals surface area contributed by atoms with Gasteiger partial charge in [-0.15, -0.1) is 0 Å². The van der Waals surface area contributed by atoms with Crippen molar-refractivity contribution in [2.45, 2.75) is 76.9 Å². The first-order chi connectivity index (χ1) is 9.49. The van der Waals surface area contributed by atoms with Gasteiger partial charge < -0.3 is 15.3 Å². The van der Waals surface area contributed by atoms with Crippen molar-refractivity contribution in [3.05, 3.63) is 0 Å². The molecule has 2 rings (SSSR count). The van der Waals surface area contributed by atoms with E-state index in [1.807, 2.05) is 4.90 Å². The van der Waals surface area contributed by atoms with Gasteiger partial charge in [0.05, 0.1) is 5.92 Å². The zero-order valence-corrected chi connectivity index (χ0v) is 12.5. The number of piperidine rings is 1. The number of carbonyl (C=O) groups excluding carboxylic acids is 1. The monoisotopic (exact) mass is 282 g/mol. The smallest absolute Gasteiger partial charge is 0.318 e. The summed E-state index contributed by atoms with van der Waals surface area (Å²) in [6, 6.07) is 0.551. The van der Waals surface area contributed by atoms with E-state index in [2.05, 4.69) is 19.2 Å². The average molecular weight is 282 g/mol. The maximum absolute atomic E-state index is 12.4. The number of amides is 2. The Morgan fingerprint density at radius 3 is 2.25 bits per heavy atom. The number of nitrogens with zero attached hydrogens (tertiary/aromatic N) is 1. The van der Waals surface area contributed by atoms with Crippen LogP contribution in [0.5, 0.6) is 0 Å². The average Bonchev–Trinajstić information content (AvgIpc) is 2.38. The summed E-state index contributed by atoms with van der Waals surface area (Å²) in [7, 11) is 0. The second kappa shape index (κ2) is 6.46. The van der Waals surface area contributed by atoms with Gasteiger partial charge in [0.2, 0.25) is 0 Å². The van der Waals surface area contributed by atoms with Crippen LogP contribution >= 0.6 is 0 Å². The maximum Gasteiger partial charge on any atom is 0.318 e. The molecule has 0 radical (unpaired) electrons. The van der Waals surface area contributed by atoms with E-state index in [1.54, 1.807) is 0 Å². The van der Waals surface area contributed by atoms with Crippen molar-refractivity contribution in [2.24, 2.45) is 5.92 Å². The third-order valence-corrected chi connectivity index (χ3v) is 4.78. The van der Waals surface area contributed by atoms with Gasteiger partial charge in [-0.2, -0.15) is 0 Å². The topological polar surface area (TPSA) is 69.6 Å². The van der Waals surface area contributed by atoms with Crippen molar-refractivity contribution in [3.8, 4) is 0 Å². The van der Waals surface area contributed by atoms with Crippen molar-refractivity contribution in [1.82, 2.24) is 10.2 Å². The van der Waals surface area contributed by atoms with Crippen molar-refractivity contribution in [3.63, 3.8) is 0 Å². The summed E-state index contributed by atoms with van der Waals surface area (Å²) in [5.74, 6) is -1.03. The molecule has 4 unspecified atom stereocenters. The molecule has 2 N–H and O–H groups in total. The fraction of sp³-hybridized carbons (Fsp3) is 0.867. The van der Waals surface area contributed by atoms with Gasteiger partial charge in [0.25, 0.3) is 0 Å². The maximum atomic E-state index is 12.4. The number of urea groups is 1. The molecular weight excluding hydrogens is 256 g/mol. The first-order valence-electron chi connectivity index (χ1n) is 7.80. The van der Waals surface area contributed by atoms with E-state index >= 15 is 0 Å². The molecule has 2 amide bonds. The lowest BCUT2D eigenvalue weighted by molar-refractivity contribution is -0.143. The molecule has 2 fully saturated rings. The molecule has 5 nitrogen and oxygen atoms in total. The van der Waals surface area contributed by atoms with Gasteiger partial charge in [-0.05, 0) is 52.4 Å². The summed E-state index contributed by atoms with van der Waals surface area (Å²) < 4.78 is 0. The van der Waals surface area contributed by atoms with Crippen LogP contribution < -0.4 is 5.32 Å². The molecule has 1 heterocycles. The summed E-state index contributed by atoms with van der Waals surface area (Å²) in [5.41, 5.74) is 0. The summed E-state index contributed by atoms with van der Waals surface area (Å²) in [5, 5.41) is 12.2. The highest BCUT2D eigenvalue weighted by Gasteiger charge is 2.32. The predicted molar refractivity (Wildman–Crippen MR) is 76.5 cm³/mol. The number of likely N-dealkylation sites (tertiary alicyclic amines) is 1. The third-order valence-electron chi connectivity index (χ3n) is 4.78. The molecule has 1 aliphatic carbocycles. The summed E-state index contributed by atoms with van der Waals surface area (Å²) in [4.78, 5) is 25.4. The largest absolute Gasteiger partial charge is 0.481 e. The highest BCUT2D eigenvalue weighted by atomic mass is 16.4. The second-order valence-electron chi connectivity index (χ2n) is 6.38. The zero-order chi connectivity index (χ0) is 14.7. The van der Waals surface area contributed by atoms with Crippen LogP contribution in [0, 0.1) is 5.92 Å². The molecule has 0 bridgehead atoms. The van der Waals surface area contributed by atoms with E-state index in [9.17, 15) is 9.59 Å². The third kappa shape index (κ3) is 3.44. The summed E-state index contributed by atoms with van der Waals surface area (Å²) in [6.07, 6.45) is 6.37. The first kappa shape index (κ1) is 15.1. The van der Waals surface area contributed by atoms with Gasteiger partial charge in [0, 0.05) is 18.1 Å². The number of hydrogen-bond acceptors (Lipinski definition) is 2. The van der Waals surface area contributed by atoms with Crippen LogP contribution in [0.2, 0.25) is 0 Å². The van der Waals surface area contributed by atoms with E-state index in [4.69, 9.17) is 5.11 Å². The van der Waals surface area contributed by atoms with Crippen LogP contribution in [0.15, 0.2) is 0 Å². The Morgan fingerprint density at radius 2 is 1.65 bits per heavy atom. The van der Waals surface area contributed by atoms with Crippen molar-refractivity contribution < 1.29 is 14.7 Å². The van der Waals surface area contributed by atoms with Crippen molar-refractivity contribution >= 4 is 12.0 Å². The summed E-state index contributed by atoms with van der Waals surface area (Å²) in [6.45, 7) is 4.19. The highest BCUT2D eigenvalue weighted by Crippen LogP contribution is 2.26. The molecule has 1 aliphatic heterocycles. The Kier molecular flexibility index (Phi) is 4.89. The minimum atomic E-state index is -0.733. The Balaban J connectivity index is 1.91. The molecule has 0 spiro atoms. The van der Waals surface area contributed by atoms with Gasteiger partial charge in [-0.1, -0.05) is 6.42 Å². The predicted octanol–water partition coefficient (Wildman–Crippen LogP) is 2.60. The van der Waals surface area contributed by atoms with Crippen molar-refractivity contribution in [1.29, 1.82) is 0 Å². The van der Waals surface area contributed by atoms with Gasteiger partial charge >= 0.3 is 12.0 Å². The normalized spacial score (nSPS) is 34.6. The highest BCUT2D eigenvalue weighted by molar-refractivity contribution is 5.75. The zero-order valence-electron chi connectivity index (χ0n) is 12.5. The minimum Gasteiger partial charge on any atom is -0.481 e. The summed E-state index contributed by atoms with van der Waals surface area (Å²) >= 11 is 0. The van der Waals surface area contributed by atoms with Crippen LogP contribution in [0.1, 0.15) is 58.8 Å². The van der Waals surface area contributed by atoms with E-state index in [1.165, 1.54) is 6.42 Å². The van der Waals surface area contributed by atoms with E-state index in [-0.39, 0.29) is 30.1 Å². The molecule has 0 aromatic rings. The molecule has 5 heteroatoms. The molecule has 1 saturated carbocycles. The van der Waals surface area contributed by atoms with Crippen LogP contribution in [0.4, 0.5) is 4.79 Å². The number of nitrogens with one attached hydrogen (secondary N) is 1. The number of rotatable bonds is 2. The van der Waals surface area contributed by atoms with Crippen LogP contribution in [0.3, 0.4) is 0 Å². The molecule has 114 valence electrons. The number of aliphatic carboxylic acids is 1. The van der Waals surface area contributed by atoms with Crippen molar-refractivity contribution in [2.75, 3.05) is 0 Å². The van der Waals surface area contributed by atoms with E-state index in [0.717, 1.165) is 32.1 Å². The Hall–Kier alpha value is -1.26. The Labute approximate surface area is 120 Å². The van der Waals surface area contributed by atoms with Crippen LogP contribution in [-0.2, 0) is 4.79 Å². The molecule has 2 aliphatic rings. The molecule has 20 heavy (non-hydrogen) atoms. The lowest BCUT2D eigenvalue weighted by Crippen LogP contribution is -2.54. The number of hydrogen-bond donors (Lipinski definition) is 2. The molecule has 0 aromatic heterocycles. The van der Waals surface area contributed by atoms with Gasteiger partial charge in [0.1, 0.15) is 0 Å². The second-order valence-corrected chi connectivity index (χ2v) is 6.38. The number of carboxylic acid groups (broad SMARTS) is 1.